The van der Waals surface area contributed by atoms with Crippen LogP contribution in [-0.2, 0) is 0 Å². The molecule has 2 saturated heterocycles. The van der Waals surface area contributed by atoms with Crippen LogP contribution in [0.1, 0.15) is 39.0 Å². The van der Waals surface area contributed by atoms with E-state index in [9.17, 15) is 0 Å². The first kappa shape index (κ1) is 17.7. The molecule has 6 heteroatoms. The number of benzene rings is 1. The van der Waals surface area contributed by atoms with Gasteiger partial charge in [-0.05, 0) is 57.8 Å². The van der Waals surface area contributed by atoms with Gasteiger partial charge in [0.2, 0.25) is 5.13 Å². The van der Waals surface area contributed by atoms with Crippen LogP contribution in [0, 0.1) is 0 Å². The van der Waals surface area contributed by atoms with Gasteiger partial charge >= 0.3 is 0 Å². The Morgan fingerprint density at radius 2 is 1.81 bits per heavy atom. The van der Waals surface area contributed by atoms with Crippen molar-refractivity contribution in [2.24, 2.45) is 0 Å². The number of hydrogen-bond acceptors (Lipinski definition) is 6. The lowest BCUT2D eigenvalue weighted by Gasteiger charge is -2.48. The third kappa shape index (κ3) is 3.58. The third-order valence-electron chi connectivity index (χ3n) is 5.96. The van der Waals surface area contributed by atoms with Crippen molar-refractivity contribution >= 4 is 16.5 Å². The first-order valence-corrected chi connectivity index (χ1v) is 10.5. The summed E-state index contributed by atoms with van der Waals surface area (Å²) in [5.41, 5.74) is 1.43. The molecule has 1 aromatic carbocycles. The molecular weight excluding hydrogens is 344 g/mol. The van der Waals surface area contributed by atoms with Crippen LogP contribution in [-0.4, -0.2) is 53.9 Å². The molecule has 0 bridgehead atoms. The van der Waals surface area contributed by atoms with E-state index in [2.05, 4.69) is 33.0 Å². The van der Waals surface area contributed by atoms with E-state index in [-0.39, 0.29) is 0 Å². The van der Waals surface area contributed by atoms with Gasteiger partial charge in [0, 0.05) is 24.2 Å². The van der Waals surface area contributed by atoms with Crippen molar-refractivity contribution in [3.63, 3.8) is 0 Å². The summed E-state index contributed by atoms with van der Waals surface area (Å²) < 4.78 is 5.32. The predicted octanol–water partition coefficient (Wildman–Crippen LogP) is 4.06. The van der Waals surface area contributed by atoms with Crippen LogP contribution >= 0.6 is 11.3 Å². The average molecular weight is 373 g/mol. The fraction of sp³-hybridized carbons (Fsp3) is 0.600. The van der Waals surface area contributed by atoms with Gasteiger partial charge in [0.1, 0.15) is 10.8 Å². The van der Waals surface area contributed by atoms with Gasteiger partial charge in [-0.15, -0.1) is 10.2 Å². The number of rotatable bonds is 4. The molecule has 4 rings (SSSR count). The first-order valence-electron chi connectivity index (χ1n) is 9.66. The molecule has 2 aromatic rings. The van der Waals surface area contributed by atoms with E-state index >= 15 is 0 Å². The molecule has 1 aromatic heterocycles. The molecule has 2 fully saturated rings. The molecule has 3 heterocycles. The Bertz CT molecular complexity index is 733. The van der Waals surface area contributed by atoms with Crippen LogP contribution in [0.5, 0.6) is 5.75 Å². The summed E-state index contributed by atoms with van der Waals surface area (Å²) in [6, 6.07) is 8.04. The molecule has 2 aliphatic rings. The van der Waals surface area contributed by atoms with Crippen molar-refractivity contribution < 1.29 is 4.74 Å². The number of aromatic nitrogens is 2. The summed E-state index contributed by atoms with van der Waals surface area (Å²) >= 11 is 1.68. The highest BCUT2D eigenvalue weighted by atomic mass is 32.1. The smallest absolute Gasteiger partial charge is 0.208 e. The molecule has 5 nitrogen and oxygen atoms in total. The molecule has 2 aliphatic heterocycles. The molecule has 26 heavy (non-hydrogen) atoms. The van der Waals surface area contributed by atoms with Crippen LogP contribution in [0.3, 0.4) is 0 Å². The molecule has 0 N–H and O–H groups in total. The predicted molar refractivity (Wildman–Crippen MR) is 107 cm³/mol. The highest BCUT2D eigenvalue weighted by Crippen LogP contribution is 2.36. The Balaban J connectivity index is 1.42. The highest BCUT2D eigenvalue weighted by molar-refractivity contribution is 7.18. The lowest BCUT2D eigenvalue weighted by atomic mass is 9.86. The minimum Gasteiger partial charge on any atom is -0.497 e. The monoisotopic (exact) mass is 372 g/mol. The number of piperidine rings is 2. The second kappa shape index (κ2) is 7.53. The number of anilines is 1. The zero-order valence-corrected chi connectivity index (χ0v) is 16.6. The molecule has 0 amide bonds. The van der Waals surface area contributed by atoms with Crippen LogP contribution in [0.15, 0.2) is 24.3 Å². The van der Waals surface area contributed by atoms with Crippen molar-refractivity contribution in [3.05, 3.63) is 24.3 Å². The quantitative estimate of drug-likeness (QED) is 0.810. The van der Waals surface area contributed by atoms with E-state index in [0.29, 0.717) is 5.54 Å². The third-order valence-corrected chi connectivity index (χ3v) is 6.99. The Labute approximate surface area is 160 Å². The van der Waals surface area contributed by atoms with Gasteiger partial charge in [0.25, 0.3) is 0 Å². The maximum atomic E-state index is 5.32. The SMILES string of the molecule is COc1cccc(-c2nnc(N3CCC(C)(N4CCCCC4)CC3)s2)c1. The standard InChI is InChI=1S/C20H28N4OS/c1-20(24-11-4-3-5-12-24)9-13-23(14-10-20)19-22-21-18(26-19)16-7-6-8-17(15-16)25-2/h6-8,15H,3-5,9-14H2,1-2H3. The maximum Gasteiger partial charge on any atom is 0.208 e. The largest absolute Gasteiger partial charge is 0.497 e. The topological polar surface area (TPSA) is 41.5 Å². The number of methoxy groups -OCH3 is 1. The second-order valence-corrected chi connectivity index (χ2v) is 8.61. The minimum absolute atomic E-state index is 0.358. The van der Waals surface area contributed by atoms with Crippen molar-refractivity contribution in [1.82, 2.24) is 15.1 Å². The van der Waals surface area contributed by atoms with Gasteiger partial charge in [0.15, 0.2) is 0 Å². The van der Waals surface area contributed by atoms with Crippen LogP contribution in [0.25, 0.3) is 10.6 Å². The maximum absolute atomic E-state index is 5.32. The summed E-state index contributed by atoms with van der Waals surface area (Å²) in [5, 5.41) is 10.9. The average Bonchev–Trinajstić information content (AvgIpc) is 3.19. The summed E-state index contributed by atoms with van der Waals surface area (Å²) in [5.74, 6) is 0.856. The molecule has 0 unspecified atom stereocenters. The Morgan fingerprint density at radius 1 is 1.04 bits per heavy atom. The Kier molecular flexibility index (Phi) is 5.14. The number of nitrogens with zero attached hydrogens (tertiary/aromatic N) is 4. The highest BCUT2D eigenvalue weighted by Gasteiger charge is 2.36. The summed E-state index contributed by atoms with van der Waals surface area (Å²) in [7, 11) is 1.69. The Hall–Kier alpha value is -1.66. The van der Waals surface area contributed by atoms with Crippen LogP contribution in [0.2, 0.25) is 0 Å². The van der Waals surface area contributed by atoms with Crippen molar-refractivity contribution in [2.45, 2.75) is 44.6 Å². The number of likely N-dealkylation sites (tertiary alicyclic amines) is 1. The fourth-order valence-electron chi connectivity index (χ4n) is 4.15. The van der Waals surface area contributed by atoms with Gasteiger partial charge in [-0.1, -0.05) is 29.9 Å². The number of hydrogen-bond donors (Lipinski definition) is 0. The zero-order valence-electron chi connectivity index (χ0n) is 15.8. The molecule has 0 atom stereocenters. The first-order chi connectivity index (χ1) is 12.7. The van der Waals surface area contributed by atoms with Gasteiger partial charge < -0.3 is 9.64 Å². The second-order valence-electron chi connectivity index (χ2n) is 7.65. The van der Waals surface area contributed by atoms with E-state index in [0.717, 1.165) is 34.5 Å². The van der Waals surface area contributed by atoms with Gasteiger partial charge in [-0.2, -0.15) is 0 Å². The molecular formula is C20H28N4OS. The van der Waals surface area contributed by atoms with Crippen molar-refractivity contribution in [3.8, 4) is 16.3 Å². The van der Waals surface area contributed by atoms with E-state index < -0.39 is 0 Å². The normalized spacial score (nSPS) is 20.9. The molecule has 0 saturated carbocycles. The van der Waals surface area contributed by atoms with Crippen molar-refractivity contribution in [2.75, 3.05) is 38.2 Å². The van der Waals surface area contributed by atoms with Crippen LogP contribution in [0.4, 0.5) is 5.13 Å². The summed E-state index contributed by atoms with van der Waals surface area (Å²) in [6.45, 7) is 7.14. The molecule has 140 valence electrons. The molecule has 0 radical (unpaired) electrons. The lowest BCUT2D eigenvalue weighted by Crippen LogP contribution is -2.55. The summed E-state index contributed by atoms with van der Waals surface area (Å²) in [6.07, 6.45) is 6.54. The van der Waals surface area contributed by atoms with E-state index in [1.54, 1.807) is 18.4 Å². The van der Waals surface area contributed by atoms with Crippen LogP contribution < -0.4 is 9.64 Å². The van der Waals surface area contributed by atoms with Gasteiger partial charge in [-0.3, -0.25) is 4.90 Å². The fourth-order valence-corrected chi connectivity index (χ4v) is 5.04. The number of ether oxygens (including phenoxy) is 1. The minimum atomic E-state index is 0.358. The van der Waals surface area contributed by atoms with Crippen molar-refractivity contribution in [1.29, 1.82) is 0 Å². The van der Waals surface area contributed by atoms with E-state index in [1.807, 2.05) is 18.2 Å². The molecule has 0 spiro atoms. The van der Waals surface area contributed by atoms with Gasteiger partial charge in [0.05, 0.1) is 7.11 Å². The van der Waals surface area contributed by atoms with E-state index in [1.165, 1.54) is 45.2 Å². The molecule has 0 aliphatic carbocycles. The summed E-state index contributed by atoms with van der Waals surface area (Å²) in [4.78, 5) is 5.14. The van der Waals surface area contributed by atoms with E-state index in [4.69, 9.17) is 4.74 Å². The van der Waals surface area contributed by atoms with Gasteiger partial charge in [-0.25, -0.2) is 0 Å². The lowest BCUT2D eigenvalue weighted by molar-refractivity contribution is 0.0593. The Morgan fingerprint density at radius 3 is 2.54 bits per heavy atom. The zero-order chi connectivity index (χ0) is 18.0.